The summed E-state index contributed by atoms with van der Waals surface area (Å²) in [6.45, 7) is 4.64. The Morgan fingerprint density at radius 2 is 2.05 bits per heavy atom. The van der Waals surface area contributed by atoms with Gasteiger partial charge in [0.25, 0.3) is 0 Å². The number of carbonyl (C=O) groups excluding carboxylic acids is 1. The van der Waals surface area contributed by atoms with Crippen molar-refractivity contribution in [1.29, 1.82) is 0 Å². The second kappa shape index (κ2) is 6.43. The van der Waals surface area contributed by atoms with Crippen LogP contribution < -0.4 is 10.6 Å². The minimum Gasteiger partial charge on any atom is -0.338 e. The topological polar surface area (TPSA) is 67.2 Å². The summed E-state index contributed by atoms with van der Waals surface area (Å²) in [6.07, 6.45) is 0. The molecule has 2 aromatic rings. The Bertz CT molecular complexity index is 578. The summed E-state index contributed by atoms with van der Waals surface area (Å²) in [7, 11) is 0. The first-order chi connectivity index (χ1) is 9.54. The van der Waals surface area contributed by atoms with Crippen molar-refractivity contribution >= 4 is 23.5 Å². The molecule has 0 fully saturated rings. The van der Waals surface area contributed by atoms with Gasteiger partial charge >= 0.3 is 6.03 Å². The molecule has 1 aromatic carbocycles. The van der Waals surface area contributed by atoms with Crippen molar-refractivity contribution in [2.75, 3.05) is 11.9 Å². The molecule has 1 aromatic heterocycles. The molecule has 2 N–H and O–H groups in total. The third-order valence-corrected chi connectivity index (χ3v) is 2.81. The zero-order valence-corrected chi connectivity index (χ0v) is 12.1. The van der Waals surface area contributed by atoms with Crippen molar-refractivity contribution in [3.05, 3.63) is 35.4 Å². The van der Waals surface area contributed by atoms with E-state index in [2.05, 4.69) is 15.8 Å². The average molecular weight is 294 g/mol. The Balaban J connectivity index is 1.98. The predicted octanol–water partition coefficient (Wildman–Crippen LogP) is 3.77. The molecular weight excluding hydrogens is 278 g/mol. The van der Waals surface area contributed by atoms with Crippen LogP contribution in [0.1, 0.15) is 13.8 Å². The fraction of sp³-hybridized carbons (Fsp3) is 0.286. The summed E-state index contributed by atoms with van der Waals surface area (Å²) in [5.74, 6) is 0.691. The molecule has 106 valence electrons. The number of amides is 2. The van der Waals surface area contributed by atoms with Gasteiger partial charge in [-0.05, 0) is 18.1 Å². The van der Waals surface area contributed by atoms with Crippen molar-refractivity contribution < 1.29 is 9.32 Å². The van der Waals surface area contributed by atoms with E-state index in [4.69, 9.17) is 16.1 Å². The number of hydrogen-bond acceptors (Lipinski definition) is 3. The van der Waals surface area contributed by atoms with Crippen molar-refractivity contribution in [3.8, 4) is 11.3 Å². The lowest BCUT2D eigenvalue weighted by Crippen LogP contribution is -2.31. The summed E-state index contributed by atoms with van der Waals surface area (Å²) in [6, 6.07) is 8.57. The van der Waals surface area contributed by atoms with E-state index in [1.165, 1.54) is 0 Å². The Hall–Kier alpha value is -2.01. The number of urea groups is 1. The lowest BCUT2D eigenvalue weighted by atomic mass is 10.1. The maximum Gasteiger partial charge on any atom is 0.321 e. The fourth-order valence-electron chi connectivity index (χ4n) is 1.54. The minimum atomic E-state index is -0.308. The van der Waals surface area contributed by atoms with Crippen LogP contribution in [-0.2, 0) is 0 Å². The standard InChI is InChI=1S/C14H16ClN3O2/c1-9(2)8-16-14(19)17-13-7-12(18-20-13)10-3-5-11(15)6-4-10/h3-7,9H,8H2,1-2H3,(H2,16,17,19). The summed E-state index contributed by atoms with van der Waals surface area (Å²) < 4.78 is 5.07. The Labute approximate surface area is 122 Å². The van der Waals surface area contributed by atoms with Gasteiger partial charge in [0.2, 0.25) is 5.88 Å². The van der Waals surface area contributed by atoms with Crippen molar-refractivity contribution in [2.24, 2.45) is 5.92 Å². The van der Waals surface area contributed by atoms with E-state index < -0.39 is 0 Å². The van der Waals surface area contributed by atoms with Crippen molar-refractivity contribution in [2.45, 2.75) is 13.8 Å². The first-order valence-corrected chi connectivity index (χ1v) is 6.70. The van der Waals surface area contributed by atoms with Gasteiger partial charge in [-0.3, -0.25) is 5.32 Å². The van der Waals surface area contributed by atoms with Gasteiger partial charge in [-0.2, -0.15) is 0 Å². The van der Waals surface area contributed by atoms with Gasteiger partial charge in [0.1, 0.15) is 5.69 Å². The third kappa shape index (κ3) is 3.99. The maximum absolute atomic E-state index is 11.6. The number of carbonyl (C=O) groups is 1. The number of hydrogen-bond donors (Lipinski definition) is 2. The SMILES string of the molecule is CC(C)CNC(=O)Nc1cc(-c2ccc(Cl)cc2)no1. The van der Waals surface area contributed by atoms with Crippen LogP contribution in [0.5, 0.6) is 0 Å². The molecule has 0 saturated heterocycles. The monoisotopic (exact) mass is 293 g/mol. The molecule has 2 rings (SSSR count). The number of rotatable bonds is 4. The van der Waals surface area contributed by atoms with Gasteiger partial charge < -0.3 is 9.84 Å². The van der Waals surface area contributed by atoms with Crippen LogP contribution in [0.25, 0.3) is 11.3 Å². The zero-order valence-electron chi connectivity index (χ0n) is 11.3. The number of anilines is 1. The van der Waals surface area contributed by atoms with E-state index in [9.17, 15) is 4.79 Å². The van der Waals surface area contributed by atoms with E-state index >= 15 is 0 Å². The Morgan fingerprint density at radius 3 is 2.70 bits per heavy atom. The van der Waals surface area contributed by atoms with Gasteiger partial charge in [0, 0.05) is 23.2 Å². The van der Waals surface area contributed by atoms with E-state index in [1.54, 1.807) is 18.2 Å². The highest BCUT2D eigenvalue weighted by molar-refractivity contribution is 6.30. The molecule has 5 nitrogen and oxygen atoms in total. The number of nitrogens with zero attached hydrogens (tertiary/aromatic N) is 1. The van der Waals surface area contributed by atoms with E-state index in [1.807, 2.05) is 26.0 Å². The van der Waals surface area contributed by atoms with Gasteiger partial charge in [-0.25, -0.2) is 4.79 Å². The zero-order chi connectivity index (χ0) is 14.5. The normalized spacial score (nSPS) is 10.6. The minimum absolute atomic E-state index is 0.302. The number of aromatic nitrogens is 1. The van der Waals surface area contributed by atoms with Gasteiger partial charge in [-0.15, -0.1) is 0 Å². The quantitative estimate of drug-likeness (QED) is 0.901. The predicted molar refractivity (Wildman–Crippen MR) is 78.8 cm³/mol. The molecule has 0 aliphatic rings. The largest absolute Gasteiger partial charge is 0.338 e. The van der Waals surface area contributed by atoms with Gasteiger partial charge in [-0.1, -0.05) is 42.7 Å². The third-order valence-electron chi connectivity index (χ3n) is 2.56. The highest BCUT2D eigenvalue weighted by atomic mass is 35.5. The van der Waals surface area contributed by atoms with Crippen molar-refractivity contribution in [3.63, 3.8) is 0 Å². The van der Waals surface area contributed by atoms with Crippen LogP contribution in [0.4, 0.5) is 10.7 Å². The van der Waals surface area contributed by atoms with E-state index in [-0.39, 0.29) is 6.03 Å². The van der Waals surface area contributed by atoms with Gasteiger partial charge in [0.05, 0.1) is 0 Å². The Morgan fingerprint density at radius 1 is 1.35 bits per heavy atom. The van der Waals surface area contributed by atoms with E-state index in [0.29, 0.717) is 29.1 Å². The molecule has 0 bridgehead atoms. The van der Waals surface area contributed by atoms with Crippen LogP contribution in [-0.4, -0.2) is 17.7 Å². The Kier molecular flexibility index (Phi) is 4.63. The molecule has 0 radical (unpaired) electrons. The molecule has 6 heteroatoms. The highest BCUT2D eigenvalue weighted by Crippen LogP contribution is 2.23. The molecule has 0 saturated carbocycles. The second-order valence-corrected chi connectivity index (χ2v) is 5.25. The smallest absolute Gasteiger partial charge is 0.321 e. The molecule has 0 aliphatic carbocycles. The molecule has 0 spiro atoms. The molecule has 20 heavy (non-hydrogen) atoms. The summed E-state index contributed by atoms with van der Waals surface area (Å²) in [4.78, 5) is 11.6. The van der Waals surface area contributed by atoms with Crippen LogP contribution >= 0.6 is 11.6 Å². The number of halogens is 1. The molecule has 0 atom stereocenters. The maximum atomic E-state index is 11.6. The highest BCUT2D eigenvalue weighted by Gasteiger charge is 2.09. The molecular formula is C14H16ClN3O2. The number of benzene rings is 1. The molecule has 1 heterocycles. The van der Waals surface area contributed by atoms with Crippen LogP contribution in [0.15, 0.2) is 34.9 Å². The lowest BCUT2D eigenvalue weighted by Gasteiger charge is -2.06. The number of nitrogens with one attached hydrogen (secondary N) is 2. The summed E-state index contributed by atoms with van der Waals surface area (Å²) >= 11 is 5.82. The van der Waals surface area contributed by atoms with Crippen LogP contribution in [0, 0.1) is 5.92 Å². The lowest BCUT2D eigenvalue weighted by molar-refractivity contribution is 0.250. The average Bonchev–Trinajstić information content (AvgIpc) is 2.85. The fourth-order valence-corrected chi connectivity index (χ4v) is 1.67. The molecule has 0 unspecified atom stereocenters. The first kappa shape index (κ1) is 14.4. The van der Waals surface area contributed by atoms with Crippen LogP contribution in [0.2, 0.25) is 5.02 Å². The van der Waals surface area contributed by atoms with E-state index in [0.717, 1.165) is 5.56 Å². The summed E-state index contributed by atoms with van der Waals surface area (Å²) in [5.41, 5.74) is 1.51. The molecule has 2 amide bonds. The first-order valence-electron chi connectivity index (χ1n) is 6.32. The second-order valence-electron chi connectivity index (χ2n) is 4.81. The summed E-state index contributed by atoms with van der Waals surface area (Å²) in [5, 5.41) is 9.89. The molecule has 0 aliphatic heterocycles. The van der Waals surface area contributed by atoms with Crippen molar-refractivity contribution in [1.82, 2.24) is 10.5 Å². The van der Waals surface area contributed by atoms with Crippen LogP contribution in [0.3, 0.4) is 0 Å². The van der Waals surface area contributed by atoms with Gasteiger partial charge in [0.15, 0.2) is 0 Å².